The lowest BCUT2D eigenvalue weighted by atomic mass is 10.0. The van der Waals surface area contributed by atoms with Gasteiger partial charge in [-0.3, -0.25) is 0 Å². The molecule has 78 valence electrons. The Morgan fingerprint density at radius 1 is 1.36 bits per heavy atom. The summed E-state index contributed by atoms with van der Waals surface area (Å²) in [6.07, 6.45) is 0. The van der Waals surface area contributed by atoms with Gasteiger partial charge in [-0.15, -0.1) is 0 Å². The predicted molar refractivity (Wildman–Crippen MR) is 59.4 cm³/mol. The fourth-order valence-corrected chi connectivity index (χ4v) is 1.79. The first kappa shape index (κ1) is 11.7. The average Bonchev–Trinajstić information content (AvgIpc) is 2.21. The molecule has 0 spiro atoms. The van der Waals surface area contributed by atoms with E-state index >= 15 is 0 Å². The number of hydrogen-bond donors (Lipinski definition) is 0. The van der Waals surface area contributed by atoms with E-state index in [-0.39, 0.29) is 5.82 Å². The van der Waals surface area contributed by atoms with Crippen LogP contribution in [0.4, 0.5) is 4.39 Å². The van der Waals surface area contributed by atoms with Gasteiger partial charge in [-0.05, 0) is 24.6 Å². The Morgan fingerprint density at radius 3 is 2.50 bits per heavy atom. The van der Waals surface area contributed by atoms with E-state index in [2.05, 4.69) is 15.9 Å². The Kier molecular flexibility index (Phi) is 5.12. The van der Waals surface area contributed by atoms with Crippen molar-refractivity contribution >= 4 is 15.9 Å². The van der Waals surface area contributed by atoms with E-state index < -0.39 is 0 Å². The van der Waals surface area contributed by atoms with Crippen LogP contribution < -0.4 is 0 Å². The van der Waals surface area contributed by atoms with Gasteiger partial charge < -0.3 is 4.74 Å². The smallest absolute Gasteiger partial charge is 0.123 e. The highest BCUT2D eigenvalue weighted by Crippen LogP contribution is 2.18. The molecule has 0 aliphatic rings. The number of halogens is 2. The summed E-state index contributed by atoms with van der Waals surface area (Å²) in [7, 11) is 0. The minimum absolute atomic E-state index is 0.196. The summed E-state index contributed by atoms with van der Waals surface area (Å²) in [5.41, 5.74) is 1.11. The molecule has 0 aliphatic carbocycles. The lowest BCUT2D eigenvalue weighted by molar-refractivity contribution is 0.137. The monoisotopic (exact) mass is 260 g/mol. The summed E-state index contributed by atoms with van der Waals surface area (Å²) in [6, 6.07) is 6.58. The molecule has 1 aromatic carbocycles. The maximum absolute atomic E-state index is 12.7. The van der Waals surface area contributed by atoms with Gasteiger partial charge in [-0.1, -0.05) is 28.1 Å². The zero-order chi connectivity index (χ0) is 10.4. The van der Waals surface area contributed by atoms with Crippen LogP contribution in [0.25, 0.3) is 0 Å². The van der Waals surface area contributed by atoms with Crippen LogP contribution in [0.3, 0.4) is 0 Å². The highest BCUT2D eigenvalue weighted by molar-refractivity contribution is 9.09. The van der Waals surface area contributed by atoms with E-state index in [0.717, 1.165) is 10.9 Å². The van der Waals surface area contributed by atoms with Crippen LogP contribution in [0.5, 0.6) is 0 Å². The molecular formula is C11H14BrFO. The molecule has 1 nitrogen and oxygen atoms in total. The third-order valence-corrected chi connectivity index (χ3v) is 2.83. The molecule has 0 heterocycles. The molecular weight excluding hydrogens is 247 g/mol. The molecule has 0 bridgehead atoms. The SMILES string of the molecule is CCOCC(CBr)c1ccc(F)cc1. The molecule has 0 radical (unpaired) electrons. The molecule has 0 N–H and O–H groups in total. The van der Waals surface area contributed by atoms with Gasteiger partial charge in [0, 0.05) is 17.9 Å². The fraction of sp³-hybridized carbons (Fsp3) is 0.455. The van der Waals surface area contributed by atoms with Crippen molar-refractivity contribution < 1.29 is 9.13 Å². The van der Waals surface area contributed by atoms with Crippen molar-refractivity contribution in [3.05, 3.63) is 35.6 Å². The lowest BCUT2D eigenvalue weighted by Crippen LogP contribution is -2.09. The standard InChI is InChI=1S/C11H14BrFO/c1-2-14-8-10(7-12)9-3-5-11(13)6-4-9/h3-6,10H,2,7-8H2,1H3. The van der Waals surface area contributed by atoms with Gasteiger partial charge in [0.2, 0.25) is 0 Å². The van der Waals surface area contributed by atoms with Crippen molar-refractivity contribution in [1.82, 2.24) is 0 Å². The van der Waals surface area contributed by atoms with Crippen LogP contribution in [-0.2, 0) is 4.74 Å². The Labute approximate surface area is 92.4 Å². The van der Waals surface area contributed by atoms with Crippen LogP contribution >= 0.6 is 15.9 Å². The molecule has 0 aliphatic heterocycles. The zero-order valence-electron chi connectivity index (χ0n) is 8.17. The average molecular weight is 261 g/mol. The summed E-state index contributed by atoms with van der Waals surface area (Å²) in [5, 5.41) is 0.832. The second-order valence-electron chi connectivity index (χ2n) is 3.06. The third-order valence-electron chi connectivity index (χ3n) is 2.05. The van der Waals surface area contributed by atoms with Gasteiger partial charge in [0.15, 0.2) is 0 Å². The van der Waals surface area contributed by atoms with Crippen LogP contribution in [0.2, 0.25) is 0 Å². The van der Waals surface area contributed by atoms with Gasteiger partial charge in [-0.25, -0.2) is 4.39 Å². The van der Waals surface area contributed by atoms with E-state index in [1.54, 1.807) is 12.1 Å². The molecule has 1 atom stereocenters. The number of benzene rings is 1. The number of alkyl halides is 1. The van der Waals surface area contributed by atoms with Gasteiger partial charge in [0.05, 0.1) is 6.61 Å². The normalized spacial score (nSPS) is 12.8. The van der Waals surface area contributed by atoms with Gasteiger partial charge in [0.1, 0.15) is 5.82 Å². The van der Waals surface area contributed by atoms with Crippen LogP contribution in [0, 0.1) is 5.82 Å². The van der Waals surface area contributed by atoms with Crippen molar-refractivity contribution in [2.75, 3.05) is 18.5 Å². The molecule has 3 heteroatoms. The predicted octanol–water partition coefficient (Wildman–Crippen LogP) is 3.34. The van der Waals surface area contributed by atoms with Crippen molar-refractivity contribution in [3.63, 3.8) is 0 Å². The summed E-state index contributed by atoms with van der Waals surface area (Å²) in [5.74, 6) is 0.106. The molecule has 14 heavy (non-hydrogen) atoms. The Hall–Kier alpha value is -0.410. The summed E-state index contributed by atoms with van der Waals surface area (Å²) < 4.78 is 18.0. The number of rotatable bonds is 5. The second-order valence-corrected chi connectivity index (χ2v) is 3.71. The molecule has 1 rings (SSSR count). The number of hydrogen-bond acceptors (Lipinski definition) is 1. The first-order valence-electron chi connectivity index (χ1n) is 4.67. The second kappa shape index (κ2) is 6.14. The molecule has 0 aromatic heterocycles. The summed E-state index contributed by atoms with van der Waals surface area (Å²) in [4.78, 5) is 0. The molecule has 1 unspecified atom stereocenters. The minimum atomic E-state index is -0.196. The summed E-state index contributed by atoms with van der Waals surface area (Å²) >= 11 is 3.43. The maximum atomic E-state index is 12.7. The van der Waals surface area contributed by atoms with Crippen molar-refractivity contribution in [2.45, 2.75) is 12.8 Å². The largest absolute Gasteiger partial charge is 0.381 e. The first-order chi connectivity index (χ1) is 6.77. The highest BCUT2D eigenvalue weighted by Gasteiger charge is 2.09. The maximum Gasteiger partial charge on any atom is 0.123 e. The molecule has 0 fully saturated rings. The van der Waals surface area contributed by atoms with Crippen LogP contribution in [0.15, 0.2) is 24.3 Å². The summed E-state index contributed by atoms with van der Waals surface area (Å²) in [6.45, 7) is 3.36. The molecule has 0 saturated heterocycles. The Balaban J connectivity index is 2.64. The van der Waals surface area contributed by atoms with Gasteiger partial charge in [0.25, 0.3) is 0 Å². The topological polar surface area (TPSA) is 9.23 Å². The van der Waals surface area contributed by atoms with Crippen molar-refractivity contribution in [1.29, 1.82) is 0 Å². The molecule has 1 aromatic rings. The van der Waals surface area contributed by atoms with E-state index in [1.807, 2.05) is 6.92 Å². The van der Waals surface area contributed by atoms with Gasteiger partial charge in [-0.2, -0.15) is 0 Å². The zero-order valence-corrected chi connectivity index (χ0v) is 9.76. The van der Waals surface area contributed by atoms with Crippen molar-refractivity contribution in [3.8, 4) is 0 Å². The molecule has 0 amide bonds. The van der Waals surface area contributed by atoms with E-state index in [1.165, 1.54) is 12.1 Å². The third kappa shape index (κ3) is 3.39. The first-order valence-corrected chi connectivity index (χ1v) is 5.79. The highest BCUT2D eigenvalue weighted by atomic mass is 79.9. The molecule has 0 saturated carbocycles. The Morgan fingerprint density at radius 2 is 2.00 bits per heavy atom. The van der Waals surface area contributed by atoms with E-state index in [4.69, 9.17) is 4.74 Å². The lowest BCUT2D eigenvalue weighted by Gasteiger charge is -2.13. The van der Waals surface area contributed by atoms with Crippen LogP contribution in [-0.4, -0.2) is 18.5 Å². The fourth-order valence-electron chi connectivity index (χ4n) is 1.22. The Bertz CT molecular complexity index is 260. The van der Waals surface area contributed by atoms with Gasteiger partial charge >= 0.3 is 0 Å². The van der Waals surface area contributed by atoms with Crippen molar-refractivity contribution in [2.24, 2.45) is 0 Å². The number of ether oxygens (including phenoxy) is 1. The van der Waals surface area contributed by atoms with E-state index in [9.17, 15) is 4.39 Å². The minimum Gasteiger partial charge on any atom is -0.381 e. The van der Waals surface area contributed by atoms with Crippen LogP contribution in [0.1, 0.15) is 18.4 Å². The van der Waals surface area contributed by atoms with E-state index in [0.29, 0.717) is 19.1 Å². The quantitative estimate of drug-likeness (QED) is 0.738.